The number of hydrogen-bond acceptors (Lipinski definition) is 4. The minimum absolute atomic E-state index is 0.198. The van der Waals surface area contributed by atoms with Crippen molar-refractivity contribution in [1.29, 1.82) is 0 Å². The molecule has 3 rings (SSSR count). The number of nitrogens with one attached hydrogen (secondary N) is 2. The van der Waals surface area contributed by atoms with E-state index < -0.39 is 0 Å². The van der Waals surface area contributed by atoms with Crippen molar-refractivity contribution in [1.82, 2.24) is 10.2 Å². The van der Waals surface area contributed by atoms with Gasteiger partial charge in [0.15, 0.2) is 0 Å². The van der Waals surface area contributed by atoms with Crippen LogP contribution in [0.4, 0.5) is 10.5 Å². The van der Waals surface area contributed by atoms with Gasteiger partial charge < -0.3 is 20.3 Å². The van der Waals surface area contributed by atoms with Crippen molar-refractivity contribution in [2.24, 2.45) is 4.99 Å². The van der Waals surface area contributed by atoms with E-state index >= 15 is 0 Å². The van der Waals surface area contributed by atoms with Crippen LogP contribution in [-0.4, -0.2) is 50.1 Å². The van der Waals surface area contributed by atoms with Gasteiger partial charge in [-0.25, -0.2) is 4.79 Å². The molecule has 26 heavy (non-hydrogen) atoms. The molecule has 0 spiro atoms. The van der Waals surface area contributed by atoms with Gasteiger partial charge in [-0.15, -0.1) is 0 Å². The molecule has 0 saturated heterocycles. The van der Waals surface area contributed by atoms with Gasteiger partial charge in [-0.1, -0.05) is 17.7 Å². The van der Waals surface area contributed by atoms with Gasteiger partial charge in [0.05, 0.1) is 13.7 Å². The van der Waals surface area contributed by atoms with Crippen molar-refractivity contribution in [3.63, 3.8) is 0 Å². The average molecular weight is 352 g/mol. The molecule has 1 aliphatic heterocycles. The number of benzene rings is 2. The van der Waals surface area contributed by atoms with Crippen LogP contribution in [0.3, 0.4) is 0 Å². The summed E-state index contributed by atoms with van der Waals surface area (Å²) in [5, 5.41) is 5.73. The van der Waals surface area contributed by atoms with E-state index in [-0.39, 0.29) is 6.03 Å². The summed E-state index contributed by atoms with van der Waals surface area (Å²) in [6.45, 7) is 4.92. The molecule has 2 aromatic carbocycles. The first kappa shape index (κ1) is 17.8. The molecule has 6 nitrogen and oxygen atoms in total. The van der Waals surface area contributed by atoms with Crippen LogP contribution in [0.1, 0.15) is 11.1 Å². The van der Waals surface area contributed by atoms with Crippen LogP contribution in [0, 0.1) is 6.92 Å². The topological polar surface area (TPSA) is 66.0 Å². The number of methoxy groups -OCH3 is 1. The number of carbonyl (C=O) groups is 1. The molecule has 2 N–H and O–H groups in total. The smallest absolute Gasteiger partial charge is 0.319 e. The summed E-state index contributed by atoms with van der Waals surface area (Å²) in [7, 11) is 1.65. The highest BCUT2D eigenvalue weighted by Gasteiger charge is 2.18. The van der Waals surface area contributed by atoms with E-state index in [0.717, 1.165) is 41.5 Å². The molecule has 0 saturated carbocycles. The zero-order valence-corrected chi connectivity index (χ0v) is 15.2. The van der Waals surface area contributed by atoms with Gasteiger partial charge in [-0.05, 0) is 43.3 Å². The quantitative estimate of drug-likeness (QED) is 0.840. The fourth-order valence-corrected chi connectivity index (χ4v) is 2.83. The van der Waals surface area contributed by atoms with Crippen molar-refractivity contribution >= 4 is 17.6 Å². The number of amidine groups is 1. The Bertz CT molecular complexity index is 769. The standard InChI is InChI=1S/C20H24N4O2/c1-15-3-7-17(8-4-15)23-20(25)22-12-14-24-13-11-21-19(24)16-5-9-18(26-2)10-6-16/h3-10H,11-14H2,1-2H3,(H2,22,23,25). The van der Waals surface area contributed by atoms with Crippen LogP contribution >= 0.6 is 0 Å². The molecule has 0 radical (unpaired) electrons. The lowest BCUT2D eigenvalue weighted by Gasteiger charge is -2.21. The number of amides is 2. The third-order valence-corrected chi connectivity index (χ3v) is 4.26. The van der Waals surface area contributed by atoms with Gasteiger partial charge in [0.25, 0.3) is 0 Å². The second-order valence-corrected chi connectivity index (χ2v) is 6.17. The molecular formula is C20H24N4O2. The van der Waals surface area contributed by atoms with Crippen LogP contribution in [-0.2, 0) is 0 Å². The van der Waals surface area contributed by atoms with E-state index in [9.17, 15) is 4.79 Å². The first-order valence-electron chi connectivity index (χ1n) is 8.71. The highest BCUT2D eigenvalue weighted by Crippen LogP contribution is 2.16. The van der Waals surface area contributed by atoms with E-state index in [0.29, 0.717) is 13.1 Å². The van der Waals surface area contributed by atoms with Crippen LogP contribution in [0.5, 0.6) is 5.75 Å². The number of rotatable bonds is 6. The predicted molar refractivity (Wildman–Crippen MR) is 104 cm³/mol. The summed E-state index contributed by atoms with van der Waals surface area (Å²) in [5.74, 6) is 1.79. The van der Waals surface area contributed by atoms with Gasteiger partial charge in [-0.2, -0.15) is 0 Å². The maximum Gasteiger partial charge on any atom is 0.319 e. The van der Waals surface area contributed by atoms with Gasteiger partial charge >= 0.3 is 6.03 Å². The minimum Gasteiger partial charge on any atom is -0.497 e. The zero-order valence-electron chi connectivity index (χ0n) is 15.2. The largest absolute Gasteiger partial charge is 0.497 e. The minimum atomic E-state index is -0.198. The maximum absolute atomic E-state index is 12.0. The molecule has 1 heterocycles. The van der Waals surface area contributed by atoms with Crippen molar-refractivity contribution in [3.05, 3.63) is 59.7 Å². The Hall–Kier alpha value is -3.02. The molecule has 0 aliphatic carbocycles. The Kier molecular flexibility index (Phi) is 5.73. The number of anilines is 1. The SMILES string of the molecule is COc1ccc(C2=NCCN2CCNC(=O)Nc2ccc(C)cc2)cc1. The van der Waals surface area contributed by atoms with E-state index in [1.807, 2.05) is 55.5 Å². The average Bonchev–Trinajstić information content (AvgIpc) is 3.12. The highest BCUT2D eigenvalue weighted by molar-refractivity contribution is 6.00. The zero-order chi connectivity index (χ0) is 18.4. The molecule has 6 heteroatoms. The molecule has 2 aromatic rings. The Morgan fingerprint density at radius 1 is 1.15 bits per heavy atom. The Balaban J connectivity index is 1.48. The van der Waals surface area contributed by atoms with Crippen LogP contribution < -0.4 is 15.4 Å². The Morgan fingerprint density at radius 3 is 2.58 bits per heavy atom. The Morgan fingerprint density at radius 2 is 1.88 bits per heavy atom. The number of aryl methyl sites for hydroxylation is 1. The molecule has 2 amide bonds. The van der Waals surface area contributed by atoms with Crippen molar-refractivity contribution in [2.75, 3.05) is 38.6 Å². The maximum atomic E-state index is 12.0. The third kappa shape index (κ3) is 4.53. The molecule has 1 aliphatic rings. The van der Waals surface area contributed by atoms with Gasteiger partial charge in [0.2, 0.25) is 0 Å². The van der Waals surface area contributed by atoms with Crippen LogP contribution in [0.15, 0.2) is 53.5 Å². The molecule has 0 fully saturated rings. The molecule has 136 valence electrons. The summed E-state index contributed by atoms with van der Waals surface area (Å²) >= 11 is 0. The fourth-order valence-electron chi connectivity index (χ4n) is 2.83. The summed E-state index contributed by atoms with van der Waals surface area (Å²) in [6.07, 6.45) is 0. The molecule has 0 bridgehead atoms. The molecule has 0 aromatic heterocycles. The Labute approximate surface area is 153 Å². The normalized spacial score (nSPS) is 13.3. The predicted octanol–water partition coefficient (Wildman–Crippen LogP) is 2.89. The van der Waals surface area contributed by atoms with Crippen LogP contribution in [0.25, 0.3) is 0 Å². The summed E-state index contributed by atoms with van der Waals surface area (Å²) < 4.78 is 5.20. The van der Waals surface area contributed by atoms with E-state index in [1.165, 1.54) is 0 Å². The van der Waals surface area contributed by atoms with Crippen LogP contribution in [0.2, 0.25) is 0 Å². The highest BCUT2D eigenvalue weighted by atomic mass is 16.5. The van der Waals surface area contributed by atoms with Crippen molar-refractivity contribution in [3.8, 4) is 5.75 Å². The molecular weight excluding hydrogens is 328 g/mol. The van der Waals surface area contributed by atoms with E-state index in [2.05, 4.69) is 20.5 Å². The summed E-state index contributed by atoms with van der Waals surface area (Å²) in [5.41, 5.74) is 3.01. The number of aliphatic imine (C=N–C) groups is 1. The second-order valence-electron chi connectivity index (χ2n) is 6.17. The lowest BCUT2D eigenvalue weighted by molar-refractivity contribution is 0.251. The monoisotopic (exact) mass is 352 g/mol. The van der Waals surface area contributed by atoms with E-state index in [4.69, 9.17) is 4.74 Å². The first-order valence-corrected chi connectivity index (χ1v) is 8.71. The fraction of sp³-hybridized carbons (Fsp3) is 0.300. The number of ether oxygens (including phenoxy) is 1. The lowest BCUT2D eigenvalue weighted by atomic mass is 10.2. The molecule has 0 atom stereocenters. The number of hydrogen-bond donors (Lipinski definition) is 2. The van der Waals surface area contributed by atoms with Crippen molar-refractivity contribution in [2.45, 2.75) is 6.92 Å². The van der Waals surface area contributed by atoms with E-state index in [1.54, 1.807) is 7.11 Å². The lowest BCUT2D eigenvalue weighted by Crippen LogP contribution is -2.38. The van der Waals surface area contributed by atoms with Gasteiger partial charge in [-0.3, -0.25) is 4.99 Å². The summed E-state index contributed by atoms with van der Waals surface area (Å²) in [4.78, 5) is 18.8. The summed E-state index contributed by atoms with van der Waals surface area (Å²) in [6, 6.07) is 15.4. The second kappa shape index (κ2) is 8.38. The number of urea groups is 1. The first-order chi connectivity index (χ1) is 12.7. The van der Waals surface area contributed by atoms with Gasteiger partial charge in [0.1, 0.15) is 11.6 Å². The van der Waals surface area contributed by atoms with Gasteiger partial charge in [0, 0.05) is 30.9 Å². The van der Waals surface area contributed by atoms with Crippen molar-refractivity contribution < 1.29 is 9.53 Å². The number of nitrogens with zero attached hydrogens (tertiary/aromatic N) is 2. The number of carbonyl (C=O) groups excluding carboxylic acids is 1. The molecule has 0 unspecified atom stereocenters. The third-order valence-electron chi connectivity index (χ3n) is 4.26.